The highest BCUT2D eigenvalue weighted by atomic mass is 16.6. The maximum atomic E-state index is 11.5. The first-order chi connectivity index (χ1) is 10.3. The molecule has 0 unspecified atom stereocenters. The van der Waals surface area contributed by atoms with Crippen LogP contribution in [0.1, 0.15) is 39.8 Å². The molecule has 0 aliphatic heterocycles. The second-order valence-corrected chi connectivity index (χ2v) is 5.81. The van der Waals surface area contributed by atoms with Gasteiger partial charge in [0.05, 0.1) is 19.4 Å². The lowest BCUT2D eigenvalue weighted by molar-refractivity contribution is -0.143. The van der Waals surface area contributed by atoms with Gasteiger partial charge >= 0.3 is 12.1 Å². The van der Waals surface area contributed by atoms with Crippen molar-refractivity contribution in [3.63, 3.8) is 0 Å². The molecule has 0 aliphatic carbocycles. The van der Waals surface area contributed by atoms with Crippen molar-refractivity contribution in [2.24, 2.45) is 0 Å². The molecule has 124 valence electrons. The second kappa shape index (κ2) is 8.41. The smallest absolute Gasteiger partial charge is 0.407 e. The van der Waals surface area contributed by atoms with Crippen LogP contribution in [0.3, 0.4) is 0 Å². The van der Waals surface area contributed by atoms with Gasteiger partial charge in [0, 0.05) is 31.4 Å². The maximum absolute atomic E-state index is 11.5. The molecule has 1 rings (SSSR count). The quantitative estimate of drug-likeness (QED) is 0.778. The number of aromatic nitrogens is 2. The molecule has 0 spiro atoms. The lowest BCUT2D eigenvalue weighted by Gasteiger charge is -2.19. The highest BCUT2D eigenvalue weighted by Gasteiger charge is 2.15. The fourth-order valence-corrected chi connectivity index (χ4v) is 1.81. The molecular formula is C15H25N3O4. The van der Waals surface area contributed by atoms with Gasteiger partial charge in [0.2, 0.25) is 0 Å². The van der Waals surface area contributed by atoms with E-state index in [1.165, 1.54) is 0 Å². The van der Waals surface area contributed by atoms with E-state index >= 15 is 0 Å². The summed E-state index contributed by atoms with van der Waals surface area (Å²) in [5, 5.41) is 2.70. The zero-order chi connectivity index (χ0) is 16.6. The Balaban J connectivity index is 2.36. The number of hydrogen-bond acceptors (Lipinski definition) is 5. The Kier molecular flexibility index (Phi) is 6.88. The van der Waals surface area contributed by atoms with Crippen LogP contribution in [0.2, 0.25) is 0 Å². The second-order valence-electron chi connectivity index (χ2n) is 5.81. The molecule has 0 atom stereocenters. The van der Waals surface area contributed by atoms with Gasteiger partial charge in [-0.1, -0.05) is 0 Å². The lowest BCUT2D eigenvalue weighted by Crippen LogP contribution is -2.33. The van der Waals surface area contributed by atoms with Gasteiger partial charge in [-0.15, -0.1) is 0 Å². The van der Waals surface area contributed by atoms with E-state index < -0.39 is 11.7 Å². The summed E-state index contributed by atoms with van der Waals surface area (Å²) >= 11 is 0. The number of carbonyl (C=O) groups excluding carboxylic acids is 2. The maximum Gasteiger partial charge on any atom is 0.407 e. The summed E-state index contributed by atoms with van der Waals surface area (Å²) < 4.78 is 11.9. The van der Waals surface area contributed by atoms with E-state index in [1.807, 2.05) is 25.3 Å². The van der Waals surface area contributed by atoms with Gasteiger partial charge in [-0.2, -0.15) is 0 Å². The Morgan fingerprint density at radius 1 is 1.36 bits per heavy atom. The zero-order valence-electron chi connectivity index (χ0n) is 13.7. The molecule has 1 aromatic rings. The van der Waals surface area contributed by atoms with E-state index in [0.29, 0.717) is 32.5 Å². The number of hydrogen-bond donors (Lipinski definition) is 1. The molecule has 1 heterocycles. The molecule has 1 aromatic heterocycles. The number of aryl methyl sites for hydroxylation is 1. The number of nitrogens with zero attached hydrogens (tertiary/aromatic N) is 2. The molecular weight excluding hydrogens is 286 g/mol. The molecule has 0 aliphatic rings. The molecule has 7 nitrogen and oxygen atoms in total. The average Bonchev–Trinajstić information content (AvgIpc) is 2.82. The van der Waals surface area contributed by atoms with E-state index in [-0.39, 0.29) is 5.97 Å². The third-order valence-electron chi connectivity index (χ3n) is 2.71. The summed E-state index contributed by atoms with van der Waals surface area (Å²) in [6.07, 6.45) is 3.87. The Morgan fingerprint density at radius 2 is 2.09 bits per heavy atom. The van der Waals surface area contributed by atoms with E-state index in [1.54, 1.807) is 19.4 Å². The Hall–Kier alpha value is -2.05. The molecule has 1 N–H and O–H groups in total. The van der Waals surface area contributed by atoms with Crippen LogP contribution < -0.4 is 5.32 Å². The molecule has 0 aromatic carbocycles. The topological polar surface area (TPSA) is 82.5 Å². The average molecular weight is 311 g/mol. The predicted octanol–water partition coefficient (Wildman–Crippen LogP) is 1.90. The van der Waals surface area contributed by atoms with E-state index in [2.05, 4.69) is 10.3 Å². The van der Waals surface area contributed by atoms with Crippen LogP contribution in [-0.2, 0) is 27.2 Å². The van der Waals surface area contributed by atoms with Gasteiger partial charge < -0.3 is 19.4 Å². The summed E-state index contributed by atoms with van der Waals surface area (Å²) in [6.45, 7) is 8.57. The summed E-state index contributed by atoms with van der Waals surface area (Å²) in [6, 6.07) is 0. The molecule has 22 heavy (non-hydrogen) atoms. The highest BCUT2D eigenvalue weighted by molar-refractivity contribution is 5.69. The number of esters is 1. The van der Waals surface area contributed by atoms with Gasteiger partial charge in [0.25, 0.3) is 0 Å². The predicted molar refractivity (Wildman–Crippen MR) is 81.4 cm³/mol. The SMILES string of the molecule is CCOC(=O)CCn1cncc1CCNC(=O)OC(C)(C)C. The Morgan fingerprint density at radius 3 is 2.73 bits per heavy atom. The standard InChI is InChI=1S/C15H25N3O4/c1-5-21-13(19)7-9-18-11-16-10-12(18)6-8-17-14(20)22-15(2,3)4/h10-11H,5-9H2,1-4H3,(H,17,20). The van der Waals surface area contributed by atoms with Gasteiger partial charge in [-0.05, 0) is 27.7 Å². The highest BCUT2D eigenvalue weighted by Crippen LogP contribution is 2.07. The lowest BCUT2D eigenvalue weighted by atomic mass is 10.2. The van der Waals surface area contributed by atoms with Crippen LogP contribution in [0.5, 0.6) is 0 Å². The number of amides is 1. The zero-order valence-corrected chi connectivity index (χ0v) is 13.7. The van der Waals surface area contributed by atoms with Crippen molar-refractivity contribution >= 4 is 12.1 Å². The number of carbonyl (C=O) groups is 2. The summed E-state index contributed by atoms with van der Waals surface area (Å²) in [4.78, 5) is 27.0. The first-order valence-corrected chi connectivity index (χ1v) is 7.43. The third-order valence-corrected chi connectivity index (χ3v) is 2.71. The summed E-state index contributed by atoms with van der Waals surface area (Å²) in [5.41, 5.74) is 0.436. The fraction of sp³-hybridized carbons (Fsp3) is 0.667. The third kappa shape index (κ3) is 7.10. The van der Waals surface area contributed by atoms with Gasteiger partial charge in [-0.3, -0.25) is 4.79 Å². The normalized spacial score (nSPS) is 11.1. The first kappa shape index (κ1) is 18.0. The largest absolute Gasteiger partial charge is 0.466 e. The van der Waals surface area contributed by atoms with Crippen LogP contribution in [0, 0.1) is 0 Å². The minimum Gasteiger partial charge on any atom is -0.466 e. The van der Waals surface area contributed by atoms with Crippen LogP contribution in [0.15, 0.2) is 12.5 Å². The first-order valence-electron chi connectivity index (χ1n) is 7.43. The van der Waals surface area contributed by atoms with Gasteiger partial charge in [0.1, 0.15) is 5.60 Å². The number of ether oxygens (including phenoxy) is 2. The van der Waals surface area contributed by atoms with Crippen molar-refractivity contribution in [2.75, 3.05) is 13.2 Å². The summed E-state index contributed by atoms with van der Waals surface area (Å²) in [7, 11) is 0. The van der Waals surface area contributed by atoms with Crippen LogP contribution >= 0.6 is 0 Å². The van der Waals surface area contributed by atoms with Crippen molar-refractivity contribution in [1.82, 2.24) is 14.9 Å². The van der Waals surface area contributed by atoms with Crippen molar-refractivity contribution in [2.45, 2.75) is 52.7 Å². The minimum absolute atomic E-state index is 0.228. The molecule has 0 radical (unpaired) electrons. The Bertz CT molecular complexity index is 491. The van der Waals surface area contributed by atoms with Crippen molar-refractivity contribution in [3.8, 4) is 0 Å². The van der Waals surface area contributed by atoms with E-state index in [9.17, 15) is 9.59 Å². The van der Waals surface area contributed by atoms with Crippen molar-refractivity contribution < 1.29 is 19.1 Å². The molecule has 0 fully saturated rings. The Labute approximate surface area is 131 Å². The van der Waals surface area contributed by atoms with Gasteiger partial charge in [-0.25, -0.2) is 9.78 Å². The van der Waals surface area contributed by atoms with E-state index in [0.717, 1.165) is 5.69 Å². The minimum atomic E-state index is -0.508. The molecule has 0 saturated heterocycles. The number of alkyl carbamates (subject to hydrolysis) is 1. The molecule has 0 saturated carbocycles. The number of imidazole rings is 1. The fourth-order valence-electron chi connectivity index (χ4n) is 1.81. The van der Waals surface area contributed by atoms with Crippen LogP contribution in [0.25, 0.3) is 0 Å². The van der Waals surface area contributed by atoms with Crippen LogP contribution in [0.4, 0.5) is 4.79 Å². The van der Waals surface area contributed by atoms with E-state index in [4.69, 9.17) is 9.47 Å². The monoisotopic (exact) mass is 311 g/mol. The van der Waals surface area contributed by atoms with Crippen molar-refractivity contribution in [3.05, 3.63) is 18.2 Å². The van der Waals surface area contributed by atoms with Crippen LogP contribution in [-0.4, -0.2) is 40.4 Å². The molecule has 0 bridgehead atoms. The molecule has 1 amide bonds. The number of rotatable bonds is 7. The number of nitrogens with one attached hydrogen (secondary N) is 1. The molecule has 7 heteroatoms. The summed E-state index contributed by atoms with van der Waals surface area (Å²) in [5.74, 6) is -0.228. The van der Waals surface area contributed by atoms with Crippen molar-refractivity contribution in [1.29, 1.82) is 0 Å². The van der Waals surface area contributed by atoms with Gasteiger partial charge in [0.15, 0.2) is 0 Å².